The zero-order chi connectivity index (χ0) is 24.5. The van der Waals surface area contributed by atoms with Crippen molar-refractivity contribution in [2.24, 2.45) is 23.2 Å². The third-order valence-electron chi connectivity index (χ3n) is 7.81. The first-order valence-electron chi connectivity index (χ1n) is 11.1. The molecule has 1 heterocycles. The Bertz CT molecular complexity index is 1100. The molecule has 1 spiro atoms. The SMILES string of the molecule is O=C(OCCC(F)C(F)(F)S(=O)(=O)[O-])C12CC3CC(C1)C1(OCc4ccc(I)cc4O1)C(C3)C2. The van der Waals surface area contributed by atoms with Crippen LogP contribution in [0.3, 0.4) is 0 Å². The van der Waals surface area contributed by atoms with Gasteiger partial charge in [-0.25, -0.2) is 12.8 Å². The van der Waals surface area contributed by atoms with E-state index in [4.69, 9.17) is 14.2 Å². The summed E-state index contributed by atoms with van der Waals surface area (Å²) in [5.74, 6) is -0.489. The van der Waals surface area contributed by atoms with E-state index in [9.17, 15) is 30.9 Å². The Morgan fingerprint density at radius 1 is 1.26 bits per heavy atom. The minimum Gasteiger partial charge on any atom is -0.743 e. The summed E-state index contributed by atoms with van der Waals surface area (Å²) < 4.78 is 91.2. The van der Waals surface area contributed by atoms with Crippen molar-refractivity contribution in [2.75, 3.05) is 6.61 Å². The Morgan fingerprint density at radius 2 is 1.94 bits per heavy atom. The Kier molecular flexibility index (Phi) is 5.93. The average molecular weight is 615 g/mol. The highest BCUT2D eigenvalue weighted by molar-refractivity contribution is 14.1. The van der Waals surface area contributed by atoms with Crippen LogP contribution >= 0.6 is 22.6 Å². The van der Waals surface area contributed by atoms with E-state index in [1.807, 2.05) is 18.2 Å². The number of benzene rings is 1. The van der Waals surface area contributed by atoms with Gasteiger partial charge < -0.3 is 18.8 Å². The molecular weight excluding hydrogens is 592 g/mol. The highest BCUT2D eigenvalue weighted by Crippen LogP contribution is 2.66. The van der Waals surface area contributed by atoms with Crippen LogP contribution in [0.5, 0.6) is 5.75 Å². The molecule has 1 aromatic rings. The average Bonchev–Trinajstić information content (AvgIpc) is 2.75. The molecule has 0 aromatic heterocycles. The van der Waals surface area contributed by atoms with Crippen LogP contribution in [0.15, 0.2) is 18.2 Å². The number of halogens is 4. The van der Waals surface area contributed by atoms with Crippen LogP contribution in [-0.4, -0.2) is 42.8 Å². The van der Waals surface area contributed by atoms with Gasteiger partial charge in [-0.1, -0.05) is 6.07 Å². The van der Waals surface area contributed by atoms with Crippen molar-refractivity contribution < 1.29 is 45.1 Å². The van der Waals surface area contributed by atoms with E-state index in [-0.39, 0.29) is 17.8 Å². The molecule has 0 amide bonds. The molecule has 1 aliphatic heterocycles. The lowest BCUT2D eigenvalue weighted by Gasteiger charge is -2.63. The van der Waals surface area contributed by atoms with E-state index < -0.39 is 51.7 Å². The summed E-state index contributed by atoms with van der Waals surface area (Å²) in [5.41, 5.74) is 0.130. The first-order chi connectivity index (χ1) is 15.9. The number of hydrogen-bond acceptors (Lipinski definition) is 7. The second kappa shape index (κ2) is 8.20. The first kappa shape index (κ1) is 24.6. The lowest BCUT2D eigenvalue weighted by molar-refractivity contribution is -0.326. The van der Waals surface area contributed by atoms with Gasteiger partial charge in [0.15, 0.2) is 16.3 Å². The Hall–Kier alpha value is -1.12. The lowest BCUT2D eigenvalue weighted by atomic mass is 9.47. The van der Waals surface area contributed by atoms with Crippen LogP contribution < -0.4 is 4.74 Å². The van der Waals surface area contributed by atoms with Crippen molar-refractivity contribution in [1.29, 1.82) is 0 Å². The predicted octanol–water partition coefficient (Wildman–Crippen LogP) is 4.13. The van der Waals surface area contributed by atoms with E-state index >= 15 is 0 Å². The highest BCUT2D eigenvalue weighted by atomic mass is 127. The molecule has 3 atom stereocenters. The zero-order valence-electron chi connectivity index (χ0n) is 18.0. The maximum atomic E-state index is 13.7. The number of esters is 1. The van der Waals surface area contributed by atoms with Crippen molar-refractivity contribution in [3.63, 3.8) is 0 Å². The minimum atomic E-state index is -6.16. The summed E-state index contributed by atoms with van der Waals surface area (Å²) in [5, 5.41) is -5.07. The minimum absolute atomic E-state index is 0.0545. The number of carbonyl (C=O) groups excluding carboxylic acids is 1. The Labute approximate surface area is 208 Å². The first-order valence-corrected chi connectivity index (χ1v) is 13.6. The second-order valence-corrected chi connectivity index (χ2v) is 12.6. The fraction of sp³-hybridized carbons (Fsp3) is 0.682. The molecule has 12 heteroatoms. The fourth-order valence-corrected chi connectivity index (χ4v) is 7.34. The van der Waals surface area contributed by atoms with Gasteiger partial charge in [-0.2, -0.15) is 8.78 Å². The third-order valence-corrected chi connectivity index (χ3v) is 9.41. The largest absolute Gasteiger partial charge is 0.743 e. The normalized spacial score (nSPS) is 35.0. The quantitative estimate of drug-likeness (QED) is 0.270. The highest BCUT2D eigenvalue weighted by Gasteiger charge is 2.68. The maximum Gasteiger partial charge on any atom is 0.364 e. The number of hydrogen-bond donors (Lipinski definition) is 0. The van der Waals surface area contributed by atoms with Crippen LogP contribution in [-0.2, 0) is 31.0 Å². The van der Waals surface area contributed by atoms with Gasteiger partial charge in [0.25, 0.3) is 0 Å². The Balaban J connectivity index is 1.28. The molecule has 1 aromatic carbocycles. The molecule has 4 aliphatic carbocycles. The van der Waals surface area contributed by atoms with Gasteiger partial charge >= 0.3 is 11.2 Å². The lowest BCUT2D eigenvalue weighted by Crippen LogP contribution is -2.67. The molecule has 0 saturated heterocycles. The molecule has 4 fully saturated rings. The number of rotatable bonds is 6. The summed E-state index contributed by atoms with van der Waals surface area (Å²) in [4.78, 5) is 13.0. The molecular formula is C22H23F3IO7S-. The molecule has 188 valence electrons. The number of ether oxygens (including phenoxy) is 3. The van der Waals surface area contributed by atoms with Gasteiger partial charge in [0, 0.05) is 27.4 Å². The zero-order valence-corrected chi connectivity index (χ0v) is 21.0. The second-order valence-electron chi connectivity index (χ2n) is 9.90. The monoisotopic (exact) mass is 615 g/mol. The van der Waals surface area contributed by atoms with E-state index in [1.165, 1.54) is 0 Å². The summed E-state index contributed by atoms with van der Waals surface area (Å²) >= 11 is 2.22. The van der Waals surface area contributed by atoms with Crippen LogP contribution in [0, 0.1) is 26.7 Å². The van der Waals surface area contributed by atoms with Crippen LogP contribution in [0.25, 0.3) is 0 Å². The molecule has 4 bridgehead atoms. The van der Waals surface area contributed by atoms with Crippen molar-refractivity contribution in [1.82, 2.24) is 0 Å². The van der Waals surface area contributed by atoms with Crippen molar-refractivity contribution >= 4 is 38.7 Å². The van der Waals surface area contributed by atoms with Crippen LogP contribution in [0.2, 0.25) is 0 Å². The van der Waals surface area contributed by atoms with Gasteiger partial charge in [-0.05, 0) is 72.7 Å². The Morgan fingerprint density at radius 3 is 2.59 bits per heavy atom. The summed E-state index contributed by atoms with van der Waals surface area (Å²) in [6.07, 6.45) is -1.18. The number of fused-ring (bicyclic) bond motifs is 1. The summed E-state index contributed by atoms with van der Waals surface area (Å²) in [7, 11) is -6.16. The predicted molar refractivity (Wildman–Crippen MR) is 118 cm³/mol. The van der Waals surface area contributed by atoms with Gasteiger partial charge in [-0.3, -0.25) is 4.79 Å². The molecule has 6 rings (SSSR count). The molecule has 5 aliphatic rings. The van der Waals surface area contributed by atoms with Gasteiger partial charge in [-0.15, -0.1) is 0 Å². The standard InChI is InChI=1S/C22H24F3IO7S/c23-18(22(24,25)34(28,29)30)3-4-31-19(27)20-8-12-5-14(9-20)21(15(6-12)10-20)32-11-13-1-2-16(26)7-17(13)33-21/h1-2,7,12,14-15,18H,3-6,8-11H2,(H,28,29,30)/p-1. The van der Waals surface area contributed by atoms with Gasteiger partial charge in [0.2, 0.25) is 5.79 Å². The summed E-state index contributed by atoms with van der Waals surface area (Å²) in [6, 6.07) is 5.93. The molecule has 3 unspecified atom stereocenters. The van der Waals surface area contributed by atoms with E-state index in [0.717, 1.165) is 27.7 Å². The smallest absolute Gasteiger partial charge is 0.364 e. The molecule has 0 radical (unpaired) electrons. The van der Waals surface area contributed by atoms with Gasteiger partial charge in [0.05, 0.1) is 18.6 Å². The van der Waals surface area contributed by atoms with Crippen LogP contribution in [0.4, 0.5) is 13.2 Å². The number of carbonyl (C=O) groups is 1. The van der Waals surface area contributed by atoms with Crippen molar-refractivity contribution in [3.05, 3.63) is 27.3 Å². The summed E-state index contributed by atoms with van der Waals surface area (Å²) in [6.45, 7) is -0.326. The molecule has 34 heavy (non-hydrogen) atoms. The number of alkyl halides is 3. The molecule has 0 N–H and O–H groups in total. The van der Waals surface area contributed by atoms with E-state index in [2.05, 4.69) is 22.6 Å². The van der Waals surface area contributed by atoms with E-state index in [1.54, 1.807) is 0 Å². The maximum absolute atomic E-state index is 13.7. The molecule has 7 nitrogen and oxygen atoms in total. The van der Waals surface area contributed by atoms with Gasteiger partial charge in [0.1, 0.15) is 5.75 Å². The van der Waals surface area contributed by atoms with E-state index in [0.29, 0.717) is 25.9 Å². The van der Waals surface area contributed by atoms with Crippen molar-refractivity contribution in [2.45, 2.75) is 62.3 Å². The fourth-order valence-electron chi connectivity index (χ4n) is 6.45. The topological polar surface area (TPSA) is 102 Å². The molecule has 4 saturated carbocycles. The third kappa shape index (κ3) is 3.83. The van der Waals surface area contributed by atoms with Crippen LogP contribution in [0.1, 0.15) is 44.1 Å². The van der Waals surface area contributed by atoms with Crippen molar-refractivity contribution in [3.8, 4) is 5.75 Å².